The van der Waals surface area contributed by atoms with Crippen LogP contribution in [0.4, 0.5) is 5.69 Å². The van der Waals surface area contributed by atoms with Crippen molar-refractivity contribution >= 4 is 5.69 Å². The van der Waals surface area contributed by atoms with Gasteiger partial charge in [0, 0.05) is 11.7 Å². The molecule has 1 aliphatic carbocycles. The Morgan fingerprint density at radius 1 is 1.24 bits per heavy atom. The van der Waals surface area contributed by atoms with Crippen LogP contribution in [0.3, 0.4) is 0 Å². The lowest BCUT2D eigenvalue weighted by atomic mass is 9.91. The van der Waals surface area contributed by atoms with E-state index in [-0.39, 0.29) is 0 Å². The maximum atomic E-state index is 5.32. The highest BCUT2D eigenvalue weighted by Gasteiger charge is 2.36. The highest BCUT2D eigenvalue weighted by molar-refractivity contribution is 5.72. The summed E-state index contributed by atoms with van der Waals surface area (Å²) < 4.78 is 5.32. The Bertz CT molecular complexity index is 632. The molecule has 1 heterocycles. The summed E-state index contributed by atoms with van der Waals surface area (Å²) in [6.45, 7) is 8.85. The number of nitrogens with zero attached hydrogens (tertiary/aromatic N) is 2. The molecular weight excluding hydrogens is 262 g/mol. The van der Waals surface area contributed by atoms with E-state index in [9.17, 15) is 0 Å². The van der Waals surface area contributed by atoms with E-state index in [4.69, 9.17) is 4.52 Å². The van der Waals surface area contributed by atoms with Crippen molar-refractivity contribution in [3.8, 4) is 11.5 Å². The topological polar surface area (TPSA) is 51.0 Å². The Hall–Kier alpha value is -1.84. The molecule has 1 aromatic heterocycles. The lowest BCUT2D eigenvalue weighted by Crippen LogP contribution is -2.22. The molecule has 1 aromatic carbocycles. The van der Waals surface area contributed by atoms with Crippen molar-refractivity contribution in [3.63, 3.8) is 0 Å². The lowest BCUT2D eigenvalue weighted by molar-refractivity contribution is 0.366. The molecule has 21 heavy (non-hydrogen) atoms. The van der Waals surface area contributed by atoms with Gasteiger partial charge in [0.2, 0.25) is 0 Å². The summed E-state index contributed by atoms with van der Waals surface area (Å²) in [5.41, 5.74) is 2.47. The summed E-state index contributed by atoms with van der Waals surface area (Å²) in [4.78, 5) is 4.35. The molecule has 112 valence electrons. The van der Waals surface area contributed by atoms with Crippen LogP contribution in [-0.4, -0.2) is 16.2 Å². The largest absolute Gasteiger partial charge is 0.381 e. The van der Waals surface area contributed by atoms with Crippen molar-refractivity contribution in [1.82, 2.24) is 10.1 Å². The van der Waals surface area contributed by atoms with Gasteiger partial charge in [-0.3, -0.25) is 0 Å². The van der Waals surface area contributed by atoms with Gasteiger partial charge in [0.15, 0.2) is 5.82 Å². The monoisotopic (exact) mass is 285 g/mol. The van der Waals surface area contributed by atoms with E-state index in [1.54, 1.807) is 0 Å². The number of hydrogen-bond donors (Lipinski definition) is 1. The van der Waals surface area contributed by atoms with E-state index in [0.717, 1.165) is 11.3 Å². The molecule has 1 saturated carbocycles. The first-order chi connectivity index (χ1) is 9.94. The van der Waals surface area contributed by atoms with E-state index in [2.05, 4.69) is 42.3 Å². The molecule has 0 bridgehead atoms. The Kier molecular flexibility index (Phi) is 3.47. The normalized spacial score (nSPS) is 24.2. The number of rotatable bonds is 3. The molecule has 4 nitrogen and oxygen atoms in total. The molecule has 0 saturated heterocycles. The van der Waals surface area contributed by atoms with Crippen molar-refractivity contribution < 1.29 is 4.52 Å². The van der Waals surface area contributed by atoms with E-state index in [0.29, 0.717) is 29.1 Å². The predicted octanol–water partition coefficient (Wildman–Crippen LogP) is 4.28. The number of nitrogens with one attached hydrogen (secondary N) is 1. The van der Waals surface area contributed by atoms with Gasteiger partial charge in [-0.25, -0.2) is 0 Å². The summed E-state index contributed by atoms with van der Waals surface area (Å²) >= 11 is 0. The third-order valence-corrected chi connectivity index (χ3v) is 4.36. The van der Waals surface area contributed by atoms with Gasteiger partial charge in [0.25, 0.3) is 5.89 Å². The van der Waals surface area contributed by atoms with Crippen molar-refractivity contribution in [2.45, 2.75) is 46.6 Å². The molecule has 2 aromatic rings. The predicted molar refractivity (Wildman–Crippen MR) is 84.1 cm³/mol. The first-order valence-corrected chi connectivity index (χ1v) is 7.61. The number of anilines is 1. The molecule has 0 amide bonds. The zero-order valence-electron chi connectivity index (χ0n) is 13.2. The Morgan fingerprint density at radius 2 is 2.00 bits per heavy atom. The highest BCUT2D eigenvalue weighted by Crippen LogP contribution is 2.42. The summed E-state index contributed by atoms with van der Waals surface area (Å²) in [5, 5.41) is 7.58. The molecule has 3 rings (SSSR count). The summed E-state index contributed by atoms with van der Waals surface area (Å²) in [6.07, 6.45) is 2.44. The summed E-state index contributed by atoms with van der Waals surface area (Å²) in [6, 6.07) is 8.65. The van der Waals surface area contributed by atoms with E-state index in [1.165, 1.54) is 12.8 Å². The average Bonchev–Trinajstić information content (AvgIpc) is 2.94. The van der Waals surface area contributed by atoms with Crippen LogP contribution >= 0.6 is 0 Å². The van der Waals surface area contributed by atoms with Crippen LogP contribution < -0.4 is 5.32 Å². The maximum absolute atomic E-state index is 5.32. The van der Waals surface area contributed by atoms with Crippen LogP contribution in [0.2, 0.25) is 0 Å². The van der Waals surface area contributed by atoms with E-state index >= 15 is 0 Å². The van der Waals surface area contributed by atoms with Gasteiger partial charge in [0.1, 0.15) is 0 Å². The SMILES string of the molecule is Cc1noc(-c2ccccc2NC2CC(C)(C)CC2C)n1. The second kappa shape index (κ2) is 5.17. The van der Waals surface area contributed by atoms with Crippen LogP contribution in [-0.2, 0) is 0 Å². The second-order valence-electron chi connectivity index (χ2n) is 6.99. The zero-order valence-corrected chi connectivity index (χ0v) is 13.2. The Balaban J connectivity index is 1.87. The summed E-state index contributed by atoms with van der Waals surface area (Å²) in [7, 11) is 0. The molecule has 1 N–H and O–H groups in total. The first kappa shape index (κ1) is 14.1. The zero-order chi connectivity index (χ0) is 15.0. The minimum absolute atomic E-state index is 0.410. The molecule has 4 heteroatoms. The number of aryl methyl sites for hydroxylation is 1. The number of benzene rings is 1. The number of aromatic nitrogens is 2. The van der Waals surface area contributed by atoms with Gasteiger partial charge < -0.3 is 9.84 Å². The smallest absolute Gasteiger partial charge is 0.260 e. The second-order valence-corrected chi connectivity index (χ2v) is 6.99. The van der Waals surface area contributed by atoms with Gasteiger partial charge in [-0.05, 0) is 43.2 Å². The molecule has 2 unspecified atom stereocenters. The fourth-order valence-electron chi connectivity index (χ4n) is 3.49. The van der Waals surface area contributed by atoms with E-state index < -0.39 is 0 Å². The maximum Gasteiger partial charge on any atom is 0.260 e. The molecule has 0 spiro atoms. The van der Waals surface area contributed by atoms with Crippen molar-refractivity contribution in [2.75, 3.05) is 5.32 Å². The third kappa shape index (κ3) is 2.94. The first-order valence-electron chi connectivity index (χ1n) is 7.61. The standard InChI is InChI=1S/C17H23N3O/c1-11-9-17(3,4)10-15(11)19-14-8-6-5-7-13(14)16-18-12(2)20-21-16/h5-8,11,15,19H,9-10H2,1-4H3. The van der Waals surface area contributed by atoms with Crippen LogP contribution in [0.5, 0.6) is 0 Å². The number of hydrogen-bond acceptors (Lipinski definition) is 4. The molecule has 1 aliphatic rings. The molecule has 1 fully saturated rings. The summed E-state index contributed by atoms with van der Waals surface area (Å²) in [5.74, 6) is 1.91. The van der Waals surface area contributed by atoms with Crippen LogP contribution in [0.1, 0.15) is 39.4 Å². The minimum Gasteiger partial charge on any atom is -0.381 e. The molecule has 2 atom stereocenters. The molecular formula is C17H23N3O. The molecule has 0 radical (unpaired) electrons. The quantitative estimate of drug-likeness (QED) is 0.914. The lowest BCUT2D eigenvalue weighted by Gasteiger charge is -2.21. The van der Waals surface area contributed by atoms with Crippen molar-refractivity contribution in [3.05, 3.63) is 30.1 Å². The van der Waals surface area contributed by atoms with Crippen LogP contribution in [0.25, 0.3) is 11.5 Å². The average molecular weight is 285 g/mol. The Labute approximate surface area is 126 Å². The van der Waals surface area contributed by atoms with Gasteiger partial charge in [-0.1, -0.05) is 38.1 Å². The van der Waals surface area contributed by atoms with Crippen molar-refractivity contribution in [1.29, 1.82) is 0 Å². The van der Waals surface area contributed by atoms with Gasteiger partial charge in [-0.2, -0.15) is 4.98 Å². The fraction of sp³-hybridized carbons (Fsp3) is 0.529. The van der Waals surface area contributed by atoms with Crippen molar-refractivity contribution in [2.24, 2.45) is 11.3 Å². The van der Waals surface area contributed by atoms with E-state index in [1.807, 2.05) is 25.1 Å². The third-order valence-electron chi connectivity index (χ3n) is 4.36. The Morgan fingerprint density at radius 3 is 2.62 bits per heavy atom. The fourth-order valence-corrected chi connectivity index (χ4v) is 3.49. The van der Waals surface area contributed by atoms with Gasteiger partial charge in [0.05, 0.1) is 5.56 Å². The minimum atomic E-state index is 0.410. The molecule has 0 aliphatic heterocycles. The van der Waals surface area contributed by atoms with Crippen LogP contribution in [0, 0.1) is 18.3 Å². The highest BCUT2D eigenvalue weighted by atomic mass is 16.5. The van der Waals surface area contributed by atoms with Gasteiger partial charge >= 0.3 is 0 Å². The van der Waals surface area contributed by atoms with Crippen LogP contribution in [0.15, 0.2) is 28.8 Å². The van der Waals surface area contributed by atoms with Gasteiger partial charge in [-0.15, -0.1) is 0 Å². The number of para-hydroxylation sites is 1.